The van der Waals surface area contributed by atoms with Gasteiger partial charge in [0.25, 0.3) is 0 Å². The molecule has 1 nitrogen and oxygen atoms in total. The molecule has 0 N–H and O–H groups in total. The van der Waals surface area contributed by atoms with E-state index in [0.29, 0.717) is 0 Å². The number of hydrogen-bond donors (Lipinski definition) is 0. The molecule has 0 aromatic heterocycles. The maximum absolute atomic E-state index is 13.0. The monoisotopic (exact) mass is 384 g/mol. The van der Waals surface area contributed by atoms with Gasteiger partial charge in [-0.2, -0.15) is 0 Å². The highest BCUT2D eigenvalue weighted by Gasteiger charge is 2.31. The van der Waals surface area contributed by atoms with Crippen LogP contribution in [0.4, 0.5) is 17.6 Å². The first-order chi connectivity index (χ1) is 6.29. The average Bonchev–Trinajstić information content (AvgIpc) is 1.96. The fraction of sp³-hybridized carbons (Fsp3) is 0.143. The van der Waals surface area contributed by atoms with E-state index in [1.807, 2.05) is 0 Å². The van der Waals surface area contributed by atoms with Crippen molar-refractivity contribution in [2.45, 2.75) is 6.36 Å². The zero-order valence-electron chi connectivity index (χ0n) is 6.33. The molecule has 1 aromatic carbocycles. The Balaban J connectivity index is 3.02. The van der Waals surface area contributed by atoms with Gasteiger partial charge in [-0.15, -0.1) is 13.2 Å². The summed E-state index contributed by atoms with van der Waals surface area (Å²) >= 11 is 4.35. The first-order valence-electron chi connectivity index (χ1n) is 3.20. The molecule has 0 atom stereocenters. The Labute approximate surface area is 98.7 Å². The lowest BCUT2D eigenvalue weighted by Gasteiger charge is -2.09. The first-order valence-corrected chi connectivity index (χ1v) is 5.07. The van der Waals surface area contributed by atoms with E-state index in [-0.39, 0.29) is 8.04 Å². The van der Waals surface area contributed by atoms with Crippen molar-refractivity contribution in [3.8, 4) is 5.75 Å². The smallest absolute Gasteiger partial charge is 0.406 e. The number of ether oxygens (including phenoxy) is 1. The Bertz CT molecular complexity index is 329. The third-order valence-electron chi connectivity index (χ3n) is 1.19. The van der Waals surface area contributed by atoms with Crippen LogP contribution in [0, 0.1) is 9.39 Å². The van der Waals surface area contributed by atoms with Crippen LogP contribution in [0.3, 0.4) is 0 Å². The van der Waals surface area contributed by atoms with Gasteiger partial charge in [-0.05, 0) is 50.7 Å². The molecule has 0 aliphatic carbocycles. The summed E-state index contributed by atoms with van der Waals surface area (Å²) in [5.41, 5.74) is 0. The molecule has 0 heterocycles. The molecule has 0 radical (unpaired) electrons. The van der Waals surface area contributed by atoms with Gasteiger partial charge in [-0.25, -0.2) is 4.39 Å². The van der Waals surface area contributed by atoms with Crippen molar-refractivity contribution in [3.05, 3.63) is 26.0 Å². The van der Waals surface area contributed by atoms with Crippen LogP contribution in [0.25, 0.3) is 0 Å². The standard InChI is InChI=1S/C7H2BrF4IO/c8-4-1-3(14-7(10,11)12)2-5(13)6(4)9/h1-2H. The number of rotatable bonds is 1. The summed E-state index contributed by atoms with van der Waals surface area (Å²) in [6.45, 7) is 0. The molecule has 1 rings (SSSR count). The highest BCUT2D eigenvalue weighted by molar-refractivity contribution is 14.1. The lowest BCUT2D eigenvalue weighted by atomic mass is 10.3. The summed E-state index contributed by atoms with van der Waals surface area (Å²) < 4.78 is 51.9. The zero-order valence-corrected chi connectivity index (χ0v) is 10.1. The van der Waals surface area contributed by atoms with E-state index < -0.39 is 17.9 Å². The van der Waals surface area contributed by atoms with Crippen LogP contribution in [0.15, 0.2) is 16.6 Å². The molecule has 1 aromatic rings. The minimum Gasteiger partial charge on any atom is -0.406 e. The fourth-order valence-electron chi connectivity index (χ4n) is 0.725. The lowest BCUT2D eigenvalue weighted by Crippen LogP contribution is -2.17. The summed E-state index contributed by atoms with van der Waals surface area (Å²) in [4.78, 5) is 0. The van der Waals surface area contributed by atoms with Crippen LogP contribution < -0.4 is 4.74 Å². The van der Waals surface area contributed by atoms with Crippen molar-refractivity contribution in [2.24, 2.45) is 0 Å². The molecule has 78 valence electrons. The van der Waals surface area contributed by atoms with Crippen LogP contribution in [-0.4, -0.2) is 6.36 Å². The zero-order chi connectivity index (χ0) is 10.9. The van der Waals surface area contributed by atoms with E-state index in [4.69, 9.17) is 0 Å². The lowest BCUT2D eigenvalue weighted by molar-refractivity contribution is -0.274. The second-order valence-electron chi connectivity index (χ2n) is 2.25. The summed E-state index contributed by atoms with van der Waals surface area (Å²) in [6.07, 6.45) is -4.76. The van der Waals surface area contributed by atoms with Gasteiger partial charge in [0.15, 0.2) is 5.82 Å². The van der Waals surface area contributed by atoms with Crippen molar-refractivity contribution < 1.29 is 22.3 Å². The van der Waals surface area contributed by atoms with Crippen molar-refractivity contribution >= 4 is 38.5 Å². The fourth-order valence-corrected chi connectivity index (χ4v) is 2.13. The Hall–Kier alpha value is -0.0500. The van der Waals surface area contributed by atoms with E-state index in [9.17, 15) is 17.6 Å². The SMILES string of the molecule is Fc1c(Br)cc(OC(F)(F)F)cc1I. The maximum atomic E-state index is 13.0. The van der Waals surface area contributed by atoms with E-state index in [1.54, 1.807) is 22.6 Å². The molecule has 0 fully saturated rings. The molecule has 0 unspecified atom stereocenters. The quantitative estimate of drug-likeness (QED) is 0.402. The van der Waals surface area contributed by atoms with Gasteiger partial charge in [0, 0.05) is 0 Å². The maximum Gasteiger partial charge on any atom is 0.573 e. The summed E-state index contributed by atoms with van der Waals surface area (Å²) in [7, 11) is 0. The Morgan fingerprint density at radius 3 is 2.29 bits per heavy atom. The summed E-state index contributed by atoms with van der Waals surface area (Å²) in [5, 5.41) is 0. The molecule has 0 spiro atoms. The molecular weight excluding hydrogens is 383 g/mol. The van der Waals surface area contributed by atoms with Gasteiger partial charge in [0.1, 0.15) is 5.75 Å². The molecule has 0 saturated heterocycles. The van der Waals surface area contributed by atoms with Crippen LogP contribution in [0.5, 0.6) is 5.75 Å². The van der Waals surface area contributed by atoms with Crippen molar-refractivity contribution in [2.75, 3.05) is 0 Å². The largest absolute Gasteiger partial charge is 0.573 e. The van der Waals surface area contributed by atoms with Crippen LogP contribution in [0.1, 0.15) is 0 Å². The molecule has 14 heavy (non-hydrogen) atoms. The first kappa shape index (κ1) is 12.0. The van der Waals surface area contributed by atoms with Gasteiger partial charge in [0.05, 0.1) is 8.04 Å². The third-order valence-corrected chi connectivity index (χ3v) is 2.55. The Morgan fingerprint density at radius 1 is 1.29 bits per heavy atom. The molecule has 0 saturated carbocycles. The molecule has 0 amide bonds. The van der Waals surface area contributed by atoms with Crippen LogP contribution in [0.2, 0.25) is 0 Å². The van der Waals surface area contributed by atoms with Crippen LogP contribution in [-0.2, 0) is 0 Å². The van der Waals surface area contributed by atoms with E-state index >= 15 is 0 Å². The number of benzene rings is 1. The van der Waals surface area contributed by atoms with Crippen molar-refractivity contribution in [1.29, 1.82) is 0 Å². The van der Waals surface area contributed by atoms with Gasteiger partial charge in [-0.1, -0.05) is 0 Å². The van der Waals surface area contributed by atoms with Gasteiger partial charge < -0.3 is 4.74 Å². The van der Waals surface area contributed by atoms with Gasteiger partial charge >= 0.3 is 6.36 Å². The van der Waals surface area contributed by atoms with Crippen molar-refractivity contribution in [1.82, 2.24) is 0 Å². The summed E-state index contributed by atoms with van der Waals surface area (Å²) in [5.74, 6) is -1.06. The minimum absolute atomic E-state index is 0.0521. The van der Waals surface area contributed by atoms with E-state index in [0.717, 1.165) is 12.1 Å². The number of hydrogen-bond acceptors (Lipinski definition) is 1. The molecule has 7 heteroatoms. The normalized spacial score (nSPS) is 11.6. The molecular formula is C7H2BrF4IO. The minimum atomic E-state index is -4.76. The molecule has 0 bridgehead atoms. The molecule has 0 aliphatic heterocycles. The highest BCUT2D eigenvalue weighted by atomic mass is 127. The Kier molecular flexibility index (Phi) is 3.62. The van der Waals surface area contributed by atoms with E-state index in [2.05, 4.69) is 20.7 Å². The highest BCUT2D eigenvalue weighted by Crippen LogP contribution is 2.30. The second-order valence-corrected chi connectivity index (χ2v) is 4.27. The van der Waals surface area contributed by atoms with Crippen molar-refractivity contribution in [3.63, 3.8) is 0 Å². The third kappa shape index (κ3) is 3.26. The predicted octanol–water partition coefficient (Wildman–Crippen LogP) is 4.09. The topological polar surface area (TPSA) is 9.23 Å². The van der Waals surface area contributed by atoms with E-state index in [1.165, 1.54) is 0 Å². The Morgan fingerprint density at radius 2 is 1.86 bits per heavy atom. The van der Waals surface area contributed by atoms with Gasteiger partial charge in [0.2, 0.25) is 0 Å². The number of halogens is 6. The van der Waals surface area contributed by atoms with Crippen LogP contribution >= 0.6 is 38.5 Å². The number of alkyl halides is 3. The predicted molar refractivity (Wildman–Crippen MR) is 53.5 cm³/mol. The summed E-state index contributed by atoms with van der Waals surface area (Å²) in [6, 6.07) is 1.89. The second kappa shape index (κ2) is 4.21. The molecule has 0 aliphatic rings. The average molecular weight is 385 g/mol. The van der Waals surface area contributed by atoms with Gasteiger partial charge in [-0.3, -0.25) is 0 Å².